The fraction of sp³-hybridized carbons (Fsp3) is 0.222. The number of nitrogens with one attached hydrogen (secondary N) is 1. The molecular weight excluding hydrogens is 366 g/mol. The van der Waals surface area contributed by atoms with Crippen LogP contribution in [0.3, 0.4) is 0 Å². The molecule has 0 fully saturated rings. The Morgan fingerprint density at radius 1 is 1.21 bits per heavy atom. The molecule has 0 aliphatic carbocycles. The zero-order chi connectivity index (χ0) is 19.3. The third-order valence-electron chi connectivity index (χ3n) is 4.91. The molecule has 0 saturated carbocycles. The summed E-state index contributed by atoms with van der Waals surface area (Å²) in [5, 5.41) is 4.56. The molecule has 142 valence electrons. The number of hydrogen-bond donors (Lipinski definition) is 2. The summed E-state index contributed by atoms with van der Waals surface area (Å²) in [5.41, 5.74) is 8.86. The van der Waals surface area contributed by atoms with Crippen molar-refractivity contribution in [1.82, 2.24) is 29.5 Å². The number of anilines is 2. The Morgan fingerprint density at radius 2 is 2.04 bits per heavy atom. The first-order valence-electron chi connectivity index (χ1n) is 8.74. The molecule has 4 aromatic heterocycles. The number of halogens is 2. The molecular formula is C18H16F2N8. The maximum absolute atomic E-state index is 13.4. The van der Waals surface area contributed by atoms with Crippen LogP contribution in [0.15, 0.2) is 43.1 Å². The first-order valence-corrected chi connectivity index (χ1v) is 8.74. The number of nitrogens with two attached hydrogens (primary N) is 1. The second-order valence-electron chi connectivity index (χ2n) is 6.59. The zero-order valence-electron chi connectivity index (χ0n) is 14.6. The van der Waals surface area contributed by atoms with Crippen molar-refractivity contribution in [2.75, 3.05) is 17.2 Å². The largest absolute Gasteiger partial charge is 0.396 e. The molecule has 10 heteroatoms. The predicted octanol–water partition coefficient (Wildman–Crippen LogP) is 2.52. The topological polar surface area (TPSA) is 101 Å². The first kappa shape index (κ1) is 16.6. The van der Waals surface area contributed by atoms with E-state index in [0.29, 0.717) is 29.4 Å². The van der Waals surface area contributed by atoms with Crippen LogP contribution >= 0.6 is 0 Å². The maximum Gasteiger partial charge on any atom is 0.265 e. The van der Waals surface area contributed by atoms with Crippen molar-refractivity contribution in [1.29, 1.82) is 0 Å². The number of imidazole rings is 1. The Labute approximate surface area is 158 Å². The van der Waals surface area contributed by atoms with E-state index in [0.717, 1.165) is 17.8 Å². The standard InChI is InChI=1S/C18H16F2N8/c19-17(20)11-2-1-4-28-14(11)6-13(26-28)16-15-12(24-9-25-15)3-5-27(16)18-22-7-10(21)8-23-18/h1-2,4,6-9,16-17H,3,5,21H2,(H,24,25)/t16-/m0/s1. The van der Waals surface area contributed by atoms with Gasteiger partial charge in [0.15, 0.2) is 0 Å². The Balaban J connectivity index is 1.67. The molecule has 0 amide bonds. The summed E-state index contributed by atoms with van der Waals surface area (Å²) in [6.07, 6.45) is 4.51. The summed E-state index contributed by atoms with van der Waals surface area (Å²) in [5.74, 6) is 0.485. The Hall–Kier alpha value is -3.56. The molecule has 0 unspecified atom stereocenters. The van der Waals surface area contributed by atoms with Crippen molar-refractivity contribution >= 4 is 17.2 Å². The Bertz CT molecular complexity index is 1130. The molecule has 28 heavy (non-hydrogen) atoms. The molecule has 3 N–H and O–H groups in total. The Kier molecular flexibility index (Phi) is 3.71. The van der Waals surface area contributed by atoms with Gasteiger partial charge in [-0.3, -0.25) is 0 Å². The summed E-state index contributed by atoms with van der Waals surface area (Å²) < 4.78 is 28.3. The number of pyridine rings is 1. The van der Waals surface area contributed by atoms with E-state index >= 15 is 0 Å². The third-order valence-corrected chi connectivity index (χ3v) is 4.91. The smallest absolute Gasteiger partial charge is 0.265 e. The molecule has 4 aromatic rings. The average Bonchev–Trinajstić information content (AvgIpc) is 3.34. The van der Waals surface area contributed by atoms with Crippen LogP contribution in [-0.4, -0.2) is 36.1 Å². The fourth-order valence-electron chi connectivity index (χ4n) is 3.65. The molecule has 0 aromatic carbocycles. The van der Waals surface area contributed by atoms with Gasteiger partial charge in [-0.15, -0.1) is 0 Å². The lowest BCUT2D eigenvalue weighted by Gasteiger charge is -2.33. The van der Waals surface area contributed by atoms with Crippen LogP contribution in [0.2, 0.25) is 0 Å². The van der Waals surface area contributed by atoms with Crippen LogP contribution in [0.5, 0.6) is 0 Å². The molecule has 5 rings (SSSR count). The third kappa shape index (κ3) is 2.56. The number of aromatic amines is 1. The van der Waals surface area contributed by atoms with E-state index in [4.69, 9.17) is 5.73 Å². The van der Waals surface area contributed by atoms with E-state index in [1.807, 2.05) is 4.90 Å². The SMILES string of the molecule is Nc1cnc(N2CCc3[nH]cnc3[C@@H]2c2cc3c(C(F)F)cccn3n2)nc1. The highest BCUT2D eigenvalue weighted by molar-refractivity contribution is 5.58. The molecule has 0 bridgehead atoms. The van der Waals surface area contributed by atoms with Gasteiger partial charge in [0.2, 0.25) is 5.95 Å². The summed E-state index contributed by atoms with van der Waals surface area (Å²) in [4.78, 5) is 18.2. The number of nitrogen functional groups attached to an aromatic ring is 1. The van der Waals surface area contributed by atoms with Gasteiger partial charge in [0.05, 0.1) is 41.3 Å². The summed E-state index contributed by atoms with van der Waals surface area (Å²) in [6.45, 7) is 0.624. The van der Waals surface area contributed by atoms with Crippen molar-refractivity contribution in [3.63, 3.8) is 0 Å². The number of fused-ring (bicyclic) bond motifs is 2. The van der Waals surface area contributed by atoms with Gasteiger partial charge in [-0.1, -0.05) is 0 Å². The van der Waals surface area contributed by atoms with E-state index in [1.165, 1.54) is 23.0 Å². The minimum atomic E-state index is -2.59. The van der Waals surface area contributed by atoms with Gasteiger partial charge in [-0.2, -0.15) is 5.10 Å². The molecule has 1 aliphatic heterocycles. The summed E-state index contributed by atoms with van der Waals surface area (Å²) >= 11 is 0. The highest BCUT2D eigenvalue weighted by atomic mass is 19.3. The fourth-order valence-corrected chi connectivity index (χ4v) is 3.65. The summed E-state index contributed by atoms with van der Waals surface area (Å²) in [7, 11) is 0. The minimum Gasteiger partial charge on any atom is -0.396 e. The number of aromatic nitrogens is 6. The van der Waals surface area contributed by atoms with E-state index in [1.54, 1.807) is 24.7 Å². The first-order chi connectivity index (χ1) is 13.6. The van der Waals surface area contributed by atoms with Crippen LogP contribution in [0.1, 0.15) is 35.1 Å². The average molecular weight is 382 g/mol. The highest BCUT2D eigenvalue weighted by Crippen LogP contribution is 2.36. The second kappa shape index (κ2) is 6.25. The van der Waals surface area contributed by atoms with Crippen molar-refractivity contribution in [2.24, 2.45) is 0 Å². The van der Waals surface area contributed by atoms with Gasteiger partial charge < -0.3 is 15.6 Å². The van der Waals surface area contributed by atoms with Gasteiger partial charge >= 0.3 is 0 Å². The van der Waals surface area contributed by atoms with Crippen LogP contribution in [0, 0.1) is 0 Å². The normalized spacial score (nSPS) is 16.7. The zero-order valence-corrected chi connectivity index (χ0v) is 14.6. The lowest BCUT2D eigenvalue weighted by Crippen LogP contribution is -2.37. The van der Waals surface area contributed by atoms with Crippen molar-refractivity contribution in [3.05, 3.63) is 65.8 Å². The lowest BCUT2D eigenvalue weighted by molar-refractivity contribution is 0.152. The van der Waals surface area contributed by atoms with E-state index in [2.05, 4.69) is 25.0 Å². The lowest BCUT2D eigenvalue weighted by atomic mass is 10.00. The van der Waals surface area contributed by atoms with Gasteiger partial charge in [-0.05, 0) is 18.2 Å². The van der Waals surface area contributed by atoms with Gasteiger partial charge in [0, 0.05) is 30.4 Å². The van der Waals surface area contributed by atoms with Crippen LogP contribution in [0.4, 0.5) is 20.4 Å². The minimum absolute atomic E-state index is 0.0606. The maximum atomic E-state index is 13.4. The monoisotopic (exact) mass is 382 g/mol. The van der Waals surface area contributed by atoms with Crippen molar-refractivity contribution in [2.45, 2.75) is 18.9 Å². The molecule has 5 heterocycles. The number of hydrogen-bond acceptors (Lipinski definition) is 6. The second-order valence-corrected chi connectivity index (χ2v) is 6.59. The molecule has 0 spiro atoms. The van der Waals surface area contributed by atoms with Crippen LogP contribution in [0.25, 0.3) is 5.52 Å². The predicted molar refractivity (Wildman–Crippen MR) is 98.1 cm³/mol. The van der Waals surface area contributed by atoms with E-state index < -0.39 is 12.5 Å². The number of alkyl halides is 2. The summed E-state index contributed by atoms with van der Waals surface area (Å²) in [6, 6.07) is 4.25. The molecule has 1 aliphatic rings. The Morgan fingerprint density at radius 3 is 2.82 bits per heavy atom. The van der Waals surface area contributed by atoms with E-state index in [9.17, 15) is 8.78 Å². The quantitative estimate of drug-likeness (QED) is 0.565. The molecule has 0 radical (unpaired) electrons. The van der Waals surface area contributed by atoms with Crippen molar-refractivity contribution < 1.29 is 8.78 Å². The molecule has 1 atom stereocenters. The molecule has 0 saturated heterocycles. The van der Waals surface area contributed by atoms with Crippen LogP contribution in [-0.2, 0) is 6.42 Å². The van der Waals surface area contributed by atoms with Crippen molar-refractivity contribution in [3.8, 4) is 0 Å². The van der Waals surface area contributed by atoms with Crippen LogP contribution < -0.4 is 10.6 Å². The van der Waals surface area contributed by atoms with E-state index in [-0.39, 0.29) is 5.56 Å². The highest BCUT2D eigenvalue weighted by Gasteiger charge is 2.34. The number of rotatable bonds is 3. The van der Waals surface area contributed by atoms with Gasteiger partial charge in [0.25, 0.3) is 6.43 Å². The number of H-pyrrole nitrogens is 1. The molecule has 8 nitrogen and oxygen atoms in total. The number of nitrogens with zero attached hydrogens (tertiary/aromatic N) is 6. The van der Waals surface area contributed by atoms with Gasteiger partial charge in [0.1, 0.15) is 6.04 Å². The van der Waals surface area contributed by atoms with Gasteiger partial charge in [-0.25, -0.2) is 28.2 Å².